The average molecular weight is 513 g/mol. The Hall–Kier alpha value is -2.67. The summed E-state index contributed by atoms with van der Waals surface area (Å²) in [6.45, 7) is 3.97. The van der Waals surface area contributed by atoms with Crippen LogP contribution in [0.3, 0.4) is 0 Å². The third kappa shape index (κ3) is 5.51. The summed E-state index contributed by atoms with van der Waals surface area (Å²) < 4.78 is 18.8. The molecule has 1 unspecified atom stereocenters. The monoisotopic (exact) mass is 512 g/mol. The predicted octanol–water partition coefficient (Wildman–Crippen LogP) is 5.92. The Kier molecular flexibility index (Phi) is 8.18. The van der Waals surface area contributed by atoms with E-state index < -0.39 is 5.60 Å². The van der Waals surface area contributed by atoms with Crippen molar-refractivity contribution < 1.29 is 19.0 Å². The Bertz CT molecular complexity index is 1210. The number of piperidine rings is 1. The van der Waals surface area contributed by atoms with Crippen LogP contribution < -0.4 is 4.74 Å². The maximum Gasteiger partial charge on any atom is 0.222 e. The quantitative estimate of drug-likeness (QED) is 0.407. The highest BCUT2D eigenvalue weighted by molar-refractivity contribution is 6.37. The highest BCUT2D eigenvalue weighted by Crippen LogP contribution is 2.39. The van der Waals surface area contributed by atoms with Gasteiger partial charge in [-0.1, -0.05) is 41.9 Å². The predicted molar refractivity (Wildman–Crippen MR) is 142 cm³/mol. The molecule has 0 aliphatic carbocycles. The van der Waals surface area contributed by atoms with Gasteiger partial charge in [0.05, 0.1) is 17.7 Å². The van der Waals surface area contributed by atoms with Crippen molar-refractivity contribution in [3.05, 3.63) is 76.6 Å². The van der Waals surface area contributed by atoms with Crippen LogP contribution in [0.15, 0.2) is 54.6 Å². The van der Waals surface area contributed by atoms with Gasteiger partial charge in [0.1, 0.15) is 11.6 Å². The molecule has 3 aromatic carbocycles. The van der Waals surface area contributed by atoms with E-state index in [9.17, 15) is 14.3 Å². The third-order valence-electron chi connectivity index (χ3n) is 7.53. The van der Waals surface area contributed by atoms with Crippen LogP contribution in [0.4, 0.5) is 4.39 Å². The summed E-state index contributed by atoms with van der Waals surface area (Å²) in [6, 6.07) is 16.2. The normalized spacial score (nSPS) is 16.6. The average Bonchev–Trinajstić information content (AvgIpc) is 2.89. The van der Waals surface area contributed by atoms with Crippen molar-refractivity contribution in [3.63, 3.8) is 0 Å². The summed E-state index contributed by atoms with van der Waals surface area (Å²) in [6.07, 6.45) is 2.19. The fraction of sp³-hybridized carbons (Fsp3) is 0.414. The maximum atomic E-state index is 13.4. The fourth-order valence-electron chi connectivity index (χ4n) is 5.10. The first-order valence-corrected chi connectivity index (χ1v) is 12.9. The van der Waals surface area contributed by atoms with E-state index in [-0.39, 0.29) is 17.8 Å². The number of carbonyl (C=O) groups is 1. The number of aliphatic hydroxyl groups is 1. The number of halogens is 2. The van der Waals surface area contributed by atoms with E-state index in [1.54, 1.807) is 24.1 Å². The zero-order valence-corrected chi connectivity index (χ0v) is 21.9. The molecule has 1 fully saturated rings. The van der Waals surface area contributed by atoms with Gasteiger partial charge in [0.25, 0.3) is 0 Å². The van der Waals surface area contributed by atoms with Crippen LogP contribution in [0, 0.1) is 5.82 Å². The minimum Gasteiger partial charge on any atom is -0.495 e. The van der Waals surface area contributed by atoms with Crippen molar-refractivity contribution in [1.82, 2.24) is 9.80 Å². The molecule has 0 saturated carbocycles. The smallest absolute Gasteiger partial charge is 0.222 e. The molecule has 0 radical (unpaired) electrons. The van der Waals surface area contributed by atoms with Crippen molar-refractivity contribution >= 4 is 28.3 Å². The number of hydrogen-bond donors (Lipinski definition) is 1. The molecule has 192 valence electrons. The molecule has 0 bridgehead atoms. The Balaban J connectivity index is 1.59. The number of fused-ring (bicyclic) bond motifs is 1. The second-order valence-electron chi connectivity index (χ2n) is 9.60. The SMILES string of the molecule is CCN(C)C(=O)CCC(c1ccc2c(Cl)c(OC)ccc2c1)N1CCC(O)(c2ccc(F)cc2)CC1. The highest BCUT2D eigenvalue weighted by atomic mass is 35.5. The number of benzene rings is 3. The fourth-order valence-corrected chi connectivity index (χ4v) is 5.41. The zero-order valence-electron chi connectivity index (χ0n) is 21.1. The van der Waals surface area contributed by atoms with E-state index in [4.69, 9.17) is 16.3 Å². The van der Waals surface area contributed by atoms with E-state index >= 15 is 0 Å². The number of carbonyl (C=O) groups excluding carboxylic acids is 1. The van der Waals surface area contributed by atoms with Gasteiger partial charge in [-0.2, -0.15) is 0 Å². The molecule has 4 rings (SSSR count). The molecule has 1 N–H and O–H groups in total. The van der Waals surface area contributed by atoms with Crippen molar-refractivity contribution in [1.29, 1.82) is 0 Å². The van der Waals surface area contributed by atoms with E-state index in [0.717, 1.165) is 21.9 Å². The number of methoxy groups -OCH3 is 1. The summed E-state index contributed by atoms with van der Waals surface area (Å²) in [5.41, 5.74) is 0.873. The van der Waals surface area contributed by atoms with Crippen molar-refractivity contribution in [2.24, 2.45) is 0 Å². The first kappa shape index (κ1) is 26.4. The molecule has 0 spiro atoms. The molecule has 1 amide bonds. The van der Waals surface area contributed by atoms with E-state index in [1.165, 1.54) is 12.1 Å². The Morgan fingerprint density at radius 2 is 1.86 bits per heavy atom. The van der Waals surface area contributed by atoms with Gasteiger partial charge in [-0.05, 0) is 67.0 Å². The van der Waals surface area contributed by atoms with Crippen molar-refractivity contribution in [3.8, 4) is 5.75 Å². The van der Waals surface area contributed by atoms with Gasteiger partial charge >= 0.3 is 0 Å². The number of hydrogen-bond acceptors (Lipinski definition) is 4. The van der Waals surface area contributed by atoms with Gasteiger partial charge in [0.2, 0.25) is 5.91 Å². The first-order chi connectivity index (χ1) is 17.3. The number of likely N-dealkylation sites (tertiary alicyclic amines) is 1. The molecular weight excluding hydrogens is 479 g/mol. The zero-order chi connectivity index (χ0) is 25.9. The second kappa shape index (κ2) is 11.2. The lowest BCUT2D eigenvalue weighted by molar-refractivity contribution is -0.130. The lowest BCUT2D eigenvalue weighted by atomic mass is 9.83. The van der Waals surface area contributed by atoms with Crippen LogP contribution in [0.1, 0.15) is 49.8 Å². The highest BCUT2D eigenvalue weighted by Gasteiger charge is 2.36. The second-order valence-corrected chi connectivity index (χ2v) is 9.98. The number of ether oxygens (including phenoxy) is 1. The lowest BCUT2D eigenvalue weighted by Gasteiger charge is -2.42. The topological polar surface area (TPSA) is 53.0 Å². The molecule has 1 aliphatic rings. The summed E-state index contributed by atoms with van der Waals surface area (Å²) in [7, 11) is 3.43. The van der Waals surface area contributed by atoms with E-state index in [1.807, 2.05) is 32.2 Å². The Morgan fingerprint density at radius 3 is 2.50 bits per heavy atom. The number of nitrogens with zero attached hydrogens (tertiary/aromatic N) is 2. The van der Waals surface area contributed by atoms with Gasteiger partial charge in [0, 0.05) is 44.5 Å². The van der Waals surface area contributed by atoms with Crippen LogP contribution in [0.5, 0.6) is 5.75 Å². The van der Waals surface area contributed by atoms with Crippen LogP contribution in [-0.2, 0) is 10.4 Å². The molecular formula is C29H34ClFN2O3. The summed E-state index contributed by atoms with van der Waals surface area (Å²) in [4.78, 5) is 16.7. The van der Waals surface area contributed by atoms with Gasteiger partial charge in [0.15, 0.2) is 0 Å². The van der Waals surface area contributed by atoms with Gasteiger partial charge in [-0.15, -0.1) is 0 Å². The number of amides is 1. The summed E-state index contributed by atoms with van der Waals surface area (Å²) >= 11 is 6.54. The molecule has 5 nitrogen and oxygen atoms in total. The van der Waals surface area contributed by atoms with E-state index in [2.05, 4.69) is 17.0 Å². The molecule has 1 saturated heterocycles. The van der Waals surface area contributed by atoms with Crippen LogP contribution >= 0.6 is 11.6 Å². The number of rotatable bonds is 8. The molecule has 1 heterocycles. The van der Waals surface area contributed by atoms with Gasteiger partial charge < -0.3 is 14.7 Å². The van der Waals surface area contributed by atoms with Crippen LogP contribution in [0.2, 0.25) is 5.02 Å². The Labute approximate surface area is 217 Å². The molecule has 7 heteroatoms. The minimum absolute atomic E-state index is 0.0160. The maximum absolute atomic E-state index is 13.4. The molecule has 3 aromatic rings. The standard InChI is InChI=1S/C29H34ClFN2O3/c1-4-32(2)27(34)14-12-25(21-5-11-24-20(19-21)6-13-26(36-3)28(24)30)33-17-15-29(35,16-18-33)22-7-9-23(31)10-8-22/h5-11,13,19,25,35H,4,12,14-18H2,1-3H3. The summed E-state index contributed by atoms with van der Waals surface area (Å²) in [5, 5.41) is 13.8. The van der Waals surface area contributed by atoms with Gasteiger partial charge in [-0.3, -0.25) is 9.69 Å². The molecule has 1 atom stereocenters. The Morgan fingerprint density at radius 1 is 1.17 bits per heavy atom. The largest absolute Gasteiger partial charge is 0.495 e. The van der Waals surface area contributed by atoms with Crippen LogP contribution in [-0.4, -0.2) is 54.6 Å². The third-order valence-corrected chi connectivity index (χ3v) is 7.92. The van der Waals surface area contributed by atoms with Crippen LogP contribution in [0.25, 0.3) is 10.8 Å². The molecule has 0 aromatic heterocycles. The first-order valence-electron chi connectivity index (χ1n) is 12.5. The minimum atomic E-state index is -0.986. The molecule has 36 heavy (non-hydrogen) atoms. The lowest BCUT2D eigenvalue weighted by Crippen LogP contribution is -2.44. The van der Waals surface area contributed by atoms with Gasteiger partial charge in [-0.25, -0.2) is 4.39 Å². The van der Waals surface area contributed by atoms with E-state index in [0.29, 0.717) is 56.1 Å². The van der Waals surface area contributed by atoms with Crippen molar-refractivity contribution in [2.75, 3.05) is 33.8 Å². The summed E-state index contributed by atoms with van der Waals surface area (Å²) in [5.74, 6) is 0.448. The molecule has 1 aliphatic heterocycles. The van der Waals surface area contributed by atoms with Crippen molar-refractivity contribution in [2.45, 2.75) is 44.2 Å².